The summed E-state index contributed by atoms with van der Waals surface area (Å²) in [6.45, 7) is 3.85. The highest BCUT2D eigenvalue weighted by Crippen LogP contribution is 2.31. The van der Waals surface area contributed by atoms with Gasteiger partial charge >= 0.3 is 0 Å². The molecule has 0 saturated carbocycles. The lowest BCUT2D eigenvalue weighted by Crippen LogP contribution is -2.15. The summed E-state index contributed by atoms with van der Waals surface area (Å²) >= 11 is 0. The summed E-state index contributed by atoms with van der Waals surface area (Å²) < 4.78 is 27.8. The van der Waals surface area contributed by atoms with Crippen molar-refractivity contribution in [1.29, 1.82) is 0 Å². The van der Waals surface area contributed by atoms with Crippen LogP contribution in [0.5, 0.6) is 23.0 Å². The standard InChI is InChI=1S/C24H22O6/c1-2-26-18-4-6-19(7-5-18)29-16-21-9-8-20(30-21)10-11-22(25)17-3-12-23-24(15-17)28-14-13-27-23/h3-12,15H,2,13-14,16H2,1H3/b11-10+. The van der Waals surface area contributed by atoms with E-state index in [1.54, 1.807) is 30.3 Å². The lowest BCUT2D eigenvalue weighted by Gasteiger charge is -2.18. The Bertz CT molecular complexity index is 1030. The van der Waals surface area contributed by atoms with E-state index in [1.807, 2.05) is 37.3 Å². The first-order chi connectivity index (χ1) is 14.7. The molecule has 0 saturated heterocycles. The first-order valence-corrected chi connectivity index (χ1v) is 9.77. The third-order valence-corrected chi connectivity index (χ3v) is 4.42. The fourth-order valence-electron chi connectivity index (χ4n) is 2.97. The Hall–Kier alpha value is -3.67. The van der Waals surface area contributed by atoms with Gasteiger partial charge in [-0.25, -0.2) is 0 Å². The van der Waals surface area contributed by atoms with Gasteiger partial charge in [-0.1, -0.05) is 0 Å². The number of furan rings is 1. The monoisotopic (exact) mass is 406 g/mol. The minimum atomic E-state index is -0.143. The Labute approximate surface area is 174 Å². The number of benzene rings is 2. The van der Waals surface area contributed by atoms with Gasteiger partial charge in [-0.3, -0.25) is 4.79 Å². The van der Waals surface area contributed by atoms with Crippen molar-refractivity contribution in [2.45, 2.75) is 13.5 Å². The maximum atomic E-state index is 12.4. The number of hydrogen-bond acceptors (Lipinski definition) is 6. The van der Waals surface area contributed by atoms with E-state index in [2.05, 4.69) is 0 Å². The molecular weight excluding hydrogens is 384 g/mol. The molecule has 30 heavy (non-hydrogen) atoms. The van der Waals surface area contributed by atoms with Crippen LogP contribution in [0, 0.1) is 0 Å². The smallest absolute Gasteiger partial charge is 0.186 e. The molecule has 2 heterocycles. The summed E-state index contributed by atoms with van der Waals surface area (Å²) in [5.41, 5.74) is 0.529. The van der Waals surface area contributed by atoms with Crippen LogP contribution in [0.4, 0.5) is 0 Å². The summed E-state index contributed by atoms with van der Waals surface area (Å²) in [7, 11) is 0. The van der Waals surface area contributed by atoms with Crippen molar-refractivity contribution in [3.05, 3.63) is 77.8 Å². The van der Waals surface area contributed by atoms with Crippen LogP contribution in [0.2, 0.25) is 0 Å². The van der Waals surface area contributed by atoms with Crippen LogP contribution in [0.1, 0.15) is 28.8 Å². The Balaban J connectivity index is 1.33. The molecule has 0 spiro atoms. The lowest BCUT2D eigenvalue weighted by atomic mass is 10.1. The zero-order valence-electron chi connectivity index (χ0n) is 16.6. The largest absolute Gasteiger partial charge is 0.494 e. The normalized spacial score (nSPS) is 12.7. The molecular formula is C24H22O6. The van der Waals surface area contributed by atoms with Crippen LogP contribution in [0.15, 0.2) is 65.1 Å². The minimum Gasteiger partial charge on any atom is -0.494 e. The maximum Gasteiger partial charge on any atom is 0.186 e. The Morgan fingerprint density at radius 1 is 0.933 bits per heavy atom. The third-order valence-electron chi connectivity index (χ3n) is 4.42. The first-order valence-electron chi connectivity index (χ1n) is 9.77. The molecule has 1 aromatic heterocycles. The van der Waals surface area contributed by atoms with Gasteiger partial charge in [0.2, 0.25) is 0 Å². The van der Waals surface area contributed by atoms with Crippen molar-refractivity contribution in [1.82, 2.24) is 0 Å². The summed E-state index contributed by atoms with van der Waals surface area (Å²) in [5.74, 6) is 3.87. The van der Waals surface area contributed by atoms with Crippen molar-refractivity contribution in [2.75, 3.05) is 19.8 Å². The Morgan fingerprint density at radius 2 is 1.67 bits per heavy atom. The Kier molecular flexibility index (Phi) is 6.03. The van der Waals surface area contributed by atoms with Gasteiger partial charge in [-0.2, -0.15) is 0 Å². The molecule has 2 aromatic carbocycles. The quantitative estimate of drug-likeness (QED) is 0.391. The number of allylic oxidation sites excluding steroid dienone is 1. The number of carbonyl (C=O) groups excluding carboxylic acids is 1. The minimum absolute atomic E-state index is 0.143. The van der Waals surface area contributed by atoms with Crippen LogP contribution in [0.3, 0.4) is 0 Å². The molecule has 0 unspecified atom stereocenters. The molecule has 154 valence electrons. The highest BCUT2D eigenvalue weighted by Gasteiger charge is 2.14. The highest BCUT2D eigenvalue weighted by atomic mass is 16.6. The van der Waals surface area contributed by atoms with Gasteiger partial charge in [0.05, 0.1) is 6.61 Å². The number of carbonyl (C=O) groups is 1. The van der Waals surface area contributed by atoms with E-state index in [9.17, 15) is 4.79 Å². The zero-order chi connectivity index (χ0) is 20.8. The van der Waals surface area contributed by atoms with E-state index in [4.69, 9.17) is 23.4 Å². The molecule has 6 nitrogen and oxygen atoms in total. The molecule has 0 aliphatic carbocycles. The first kappa shape index (κ1) is 19.6. The summed E-state index contributed by atoms with van der Waals surface area (Å²) in [6, 6.07) is 16.2. The van der Waals surface area contributed by atoms with Gasteiger partial charge < -0.3 is 23.4 Å². The second-order valence-electron chi connectivity index (χ2n) is 6.55. The van der Waals surface area contributed by atoms with Gasteiger partial charge in [0, 0.05) is 5.56 Å². The number of hydrogen-bond donors (Lipinski definition) is 0. The maximum absolute atomic E-state index is 12.4. The fourth-order valence-corrected chi connectivity index (χ4v) is 2.97. The SMILES string of the molecule is CCOc1ccc(OCc2ccc(/C=C/C(=O)c3ccc4c(c3)OCCO4)o2)cc1. The highest BCUT2D eigenvalue weighted by molar-refractivity contribution is 6.07. The van der Waals surface area contributed by atoms with Crippen molar-refractivity contribution in [3.8, 4) is 23.0 Å². The molecule has 0 radical (unpaired) electrons. The summed E-state index contributed by atoms with van der Waals surface area (Å²) in [4.78, 5) is 12.4. The Morgan fingerprint density at radius 3 is 2.43 bits per heavy atom. The van der Waals surface area contributed by atoms with Crippen LogP contribution in [-0.2, 0) is 6.61 Å². The number of ketones is 1. The number of fused-ring (bicyclic) bond motifs is 1. The fraction of sp³-hybridized carbons (Fsp3) is 0.208. The van der Waals surface area contributed by atoms with E-state index < -0.39 is 0 Å². The number of rotatable bonds is 8. The van der Waals surface area contributed by atoms with Gasteiger partial charge in [0.15, 0.2) is 17.3 Å². The predicted octanol–water partition coefficient (Wildman–Crippen LogP) is 4.92. The molecule has 1 aliphatic heterocycles. The van der Waals surface area contributed by atoms with Crippen molar-refractivity contribution in [2.24, 2.45) is 0 Å². The molecule has 6 heteroatoms. The predicted molar refractivity (Wildman–Crippen MR) is 111 cm³/mol. The second kappa shape index (κ2) is 9.22. The van der Waals surface area contributed by atoms with Crippen LogP contribution in [0.25, 0.3) is 6.08 Å². The van der Waals surface area contributed by atoms with E-state index in [1.165, 1.54) is 6.08 Å². The van der Waals surface area contributed by atoms with Gasteiger partial charge in [-0.05, 0) is 73.7 Å². The topological polar surface area (TPSA) is 67.1 Å². The van der Waals surface area contributed by atoms with Crippen molar-refractivity contribution >= 4 is 11.9 Å². The van der Waals surface area contributed by atoms with Crippen molar-refractivity contribution in [3.63, 3.8) is 0 Å². The molecule has 0 N–H and O–H groups in total. The van der Waals surface area contributed by atoms with E-state index >= 15 is 0 Å². The summed E-state index contributed by atoms with van der Waals surface area (Å²) in [5, 5.41) is 0. The van der Waals surface area contributed by atoms with E-state index in [-0.39, 0.29) is 12.4 Å². The van der Waals surface area contributed by atoms with E-state index in [0.29, 0.717) is 48.4 Å². The van der Waals surface area contributed by atoms with E-state index in [0.717, 1.165) is 11.5 Å². The molecule has 0 atom stereocenters. The summed E-state index contributed by atoms with van der Waals surface area (Å²) in [6.07, 6.45) is 3.11. The molecule has 0 fully saturated rings. The van der Waals surface area contributed by atoms with Gasteiger partial charge in [-0.15, -0.1) is 0 Å². The van der Waals surface area contributed by atoms with Crippen LogP contribution < -0.4 is 18.9 Å². The lowest BCUT2D eigenvalue weighted by molar-refractivity contribution is 0.104. The molecule has 4 rings (SSSR count). The average molecular weight is 406 g/mol. The van der Waals surface area contributed by atoms with Gasteiger partial charge in [0.1, 0.15) is 42.8 Å². The second-order valence-corrected chi connectivity index (χ2v) is 6.55. The molecule has 1 aliphatic rings. The van der Waals surface area contributed by atoms with Crippen LogP contribution >= 0.6 is 0 Å². The average Bonchev–Trinajstić information content (AvgIpc) is 3.25. The molecule has 0 amide bonds. The third kappa shape index (κ3) is 4.84. The zero-order valence-corrected chi connectivity index (χ0v) is 16.6. The number of ether oxygens (including phenoxy) is 4. The molecule has 3 aromatic rings. The van der Waals surface area contributed by atoms with Crippen LogP contribution in [-0.4, -0.2) is 25.6 Å². The molecule has 0 bridgehead atoms. The van der Waals surface area contributed by atoms with Crippen molar-refractivity contribution < 1.29 is 28.2 Å². The van der Waals surface area contributed by atoms with Gasteiger partial charge in [0.25, 0.3) is 0 Å².